The third kappa shape index (κ3) is 5.36. The van der Waals surface area contributed by atoms with Crippen molar-refractivity contribution in [2.24, 2.45) is 5.92 Å². The fourth-order valence-electron chi connectivity index (χ4n) is 4.91. The Kier molecular flexibility index (Phi) is 6.97. The van der Waals surface area contributed by atoms with E-state index in [2.05, 4.69) is 34.7 Å². The summed E-state index contributed by atoms with van der Waals surface area (Å²) in [6.07, 6.45) is -0.352. The summed E-state index contributed by atoms with van der Waals surface area (Å²) in [6.45, 7) is 10.3. The van der Waals surface area contributed by atoms with E-state index < -0.39 is 6.04 Å². The number of carbonyl (C=O) groups is 2. The van der Waals surface area contributed by atoms with Crippen molar-refractivity contribution in [2.75, 3.05) is 30.3 Å². The minimum Gasteiger partial charge on any atom is -0.358 e. The molecule has 0 spiro atoms. The standard InChI is InChI=1S/C28H35N7O2/c1-17(2)19-9-11-20(12-10-19)29-28(37)35-14-13-34-15-23-30-22-8-6-5-7-21(22)26(31-23)33-25(18(3)4)27(36)32-24(34)16-35/h5-12,17-18,24-25H,13-16H2,1-4H3,(H,29,37)(H,32,36)(H,30,31,33)/t24?,25-/m0/s1. The molecule has 3 heterocycles. The molecule has 194 valence electrons. The lowest BCUT2D eigenvalue weighted by atomic mass is 10.0. The van der Waals surface area contributed by atoms with E-state index in [9.17, 15) is 9.59 Å². The van der Waals surface area contributed by atoms with E-state index in [1.54, 1.807) is 4.90 Å². The molecule has 3 amide bonds. The lowest BCUT2D eigenvalue weighted by Crippen LogP contribution is -2.63. The van der Waals surface area contributed by atoms with Gasteiger partial charge in [0.2, 0.25) is 5.91 Å². The lowest BCUT2D eigenvalue weighted by molar-refractivity contribution is -0.125. The Labute approximate surface area is 217 Å². The predicted molar refractivity (Wildman–Crippen MR) is 145 cm³/mol. The molecule has 5 rings (SSSR count). The van der Waals surface area contributed by atoms with Crippen LogP contribution in [0, 0.1) is 5.92 Å². The first-order chi connectivity index (χ1) is 17.8. The van der Waals surface area contributed by atoms with Crippen LogP contribution in [0.25, 0.3) is 10.9 Å². The van der Waals surface area contributed by atoms with Gasteiger partial charge in [-0.1, -0.05) is 52.0 Å². The zero-order valence-corrected chi connectivity index (χ0v) is 21.9. The number of nitrogens with zero attached hydrogens (tertiary/aromatic N) is 4. The Bertz CT molecular complexity index is 1290. The summed E-state index contributed by atoms with van der Waals surface area (Å²) < 4.78 is 0. The van der Waals surface area contributed by atoms with Crippen LogP contribution in [-0.2, 0) is 11.3 Å². The van der Waals surface area contributed by atoms with Gasteiger partial charge in [-0.25, -0.2) is 14.8 Å². The number of hydrogen-bond acceptors (Lipinski definition) is 6. The second-order valence-corrected chi connectivity index (χ2v) is 10.5. The molecule has 2 aliphatic heterocycles. The maximum Gasteiger partial charge on any atom is 0.322 e. The molecule has 1 unspecified atom stereocenters. The van der Waals surface area contributed by atoms with Crippen LogP contribution in [0.2, 0.25) is 0 Å². The van der Waals surface area contributed by atoms with E-state index in [4.69, 9.17) is 9.97 Å². The smallest absolute Gasteiger partial charge is 0.322 e. The first kappa shape index (κ1) is 25.0. The van der Waals surface area contributed by atoms with Crippen LogP contribution in [0.1, 0.15) is 45.0 Å². The fourth-order valence-corrected chi connectivity index (χ4v) is 4.91. The zero-order chi connectivity index (χ0) is 26.1. The molecule has 2 aromatic carbocycles. The molecule has 9 heteroatoms. The average Bonchev–Trinajstić information content (AvgIpc) is 2.87. The van der Waals surface area contributed by atoms with Gasteiger partial charge >= 0.3 is 6.03 Å². The quantitative estimate of drug-likeness (QED) is 0.502. The zero-order valence-electron chi connectivity index (χ0n) is 21.9. The molecule has 1 fully saturated rings. The molecule has 9 nitrogen and oxygen atoms in total. The normalized spacial score (nSPS) is 20.4. The van der Waals surface area contributed by atoms with Gasteiger partial charge in [-0.05, 0) is 41.7 Å². The van der Waals surface area contributed by atoms with Crippen molar-refractivity contribution in [3.63, 3.8) is 0 Å². The van der Waals surface area contributed by atoms with E-state index in [1.165, 1.54) is 5.56 Å². The number of benzene rings is 2. The second-order valence-electron chi connectivity index (χ2n) is 10.5. The van der Waals surface area contributed by atoms with Crippen LogP contribution in [0.15, 0.2) is 48.5 Å². The van der Waals surface area contributed by atoms with Gasteiger partial charge in [0.15, 0.2) is 0 Å². The summed E-state index contributed by atoms with van der Waals surface area (Å²) in [5.41, 5.74) is 2.83. The fraction of sp³-hybridized carbons (Fsp3) is 0.429. The Morgan fingerprint density at radius 1 is 1.00 bits per heavy atom. The highest BCUT2D eigenvalue weighted by atomic mass is 16.2. The monoisotopic (exact) mass is 501 g/mol. The highest BCUT2D eigenvalue weighted by molar-refractivity contribution is 5.93. The van der Waals surface area contributed by atoms with Gasteiger partial charge in [0.25, 0.3) is 0 Å². The maximum atomic E-state index is 13.5. The molecule has 2 atom stereocenters. The summed E-state index contributed by atoms with van der Waals surface area (Å²) in [5, 5.41) is 10.5. The number of nitrogens with one attached hydrogen (secondary N) is 3. The minimum atomic E-state index is -0.477. The van der Waals surface area contributed by atoms with E-state index in [0.717, 1.165) is 16.6 Å². The lowest BCUT2D eigenvalue weighted by Gasteiger charge is -2.42. The average molecular weight is 502 g/mol. The summed E-state index contributed by atoms with van der Waals surface area (Å²) >= 11 is 0. The van der Waals surface area contributed by atoms with Crippen LogP contribution in [0.5, 0.6) is 0 Å². The van der Waals surface area contributed by atoms with Crippen LogP contribution in [0.4, 0.5) is 16.3 Å². The van der Waals surface area contributed by atoms with Crippen molar-refractivity contribution in [2.45, 2.75) is 52.4 Å². The molecule has 3 aromatic rings. The number of para-hydroxylation sites is 1. The Balaban J connectivity index is 1.38. The SMILES string of the molecule is CC(C)c1ccc(NC(=O)N2CCN3Cc4nc(c5ccccc5n4)N[C@@H](C(C)C)C(=O)NC3C2)cc1. The number of urea groups is 1. The van der Waals surface area contributed by atoms with Crippen LogP contribution in [-0.4, -0.2) is 63.5 Å². The summed E-state index contributed by atoms with van der Waals surface area (Å²) in [4.78, 5) is 40.1. The van der Waals surface area contributed by atoms with Crippen molar-refractivity contribution in [3.8, 4) is 0 Å². The number of piperazine rings is 1. The molecule has 2 bridgehead atoms. The minimum absolute atomic E-state index is 0.0295. The van der Waals surface area contributed by atoms with Crippen LogP contribution >= 0.6 is 0 Å². The van der Waals surface area contributed by atoms with Gasteiger partial charge in [0, 0.05) is 24.2 Å². The highest BCUT2D eigenvalue weighted by Crippen LogP contribution is 2.25. The Morgan fingerprint density at radius 2 is 1.76 bits per heavy atom. The molecule has 0 aliphatic carbocycles. The highest BCUT2D eigenvalue weighted by Gasteiger charge is 2.35. The number of aromatic nitrogens is 2. The Hall–Kier alpha value is -3.72. The van der Waals surface area contributed by atoms with Gasteiger partial charge in [0.05, 0.1) is 18.6 Å². The topological polar surface area (TPSA) is 102 Å². The van der Waals surface area contributed by atoms with E-state index in [0.29, 0.717) is 43.7 Å². The first-order valence-electron chi connectivity index (χ1n) is 13.0. The largest absolute Gasteiger partial charge is 0.358 e. The molecule has 2 aliphatic rings. The van der Waals surface area contributed by atoms with Crippen molar-refractivity contribution in [1.82, 2.24) is 25.1 Å². The number of fused-ring (bicyclic) bond motifs is 5. The summed E-state index contributed by atoms with van der Waals surface area (Å²) in [6, 6.07) is 15.1. The molecule has 1 aromatic heterocycles. The number of hydrogen-bond donors (Lipinski definition) is 3. The molecular weight excluding hydrogens is 466 g/mol. The summed E-state index contributed by atoms with van der Waals surface area (Å²) in [7, 11) is 0. The maximum absolute atomic E-state index is 13.5. The van der Waals surface area contributed by atoms with Crippen molar-refractivity contribution < 1.29 is 9.59 Å². The third-order valence-electron chi connectivity index (χ3n) is 7.15. The number of anilines is 2. The van der Waals surface area contributed by atoms with Gasteiger partial charge < -0.3 is 20.9 Å². The molecule has 0 saturated carbocycles. The van der Waals surface area contributed by atoms with Gasteiger partial charge in [-0.15, -0.1) is 0 Å². The van der Waals surface area contributed by atoms with E-state index >= 15 is 0 Å². The van der Waals surface area contributed by atoms with Crippen molar-refractivity contribution in [1.29, 1.82) is 0 Å². The predicted octanol–water partition coefficient (Wildman–Crippen LogP) is 4.00. The van der Waals surface area contributed by atoms with Crippen molar-refractivity contribution in [3.05, 3.63) is 59.9 Å². The Morgan fingerprint density at radius 3 is 2.49 bits per heavy atom. The number of amides is 3. The van der Waals surface area contributed by atoms with Gasteiger partial charge in [-0.2, -0.15) is 0 Å². The van der Waals surface area contributed by atoms with E-state index in [1.807, 2.05) is 62.4 Å². The number of carbonyl (C=O) groups excluding carboxylic acids is 2. The molecule has 0 radical (unpaired) electrons. The van der Waals surface area contributed by atoms with E-state index in [-0.39, 0.29) is 24.0 Å². The summed E-state index contributed by atoms with van der Waals surface area (Å²) in [5.74, 6) is 1.72. The second kappa shape index (κ2) is 10.3. The van der Waals surface area contributed by atoms with Gasteiger partial charge in [-0.3, -0.25) is 9.69 Å². The molecule has 1 saturated heterocycles. The van der Waals surface area contributed by atoms with Crippen LogP contribution in [0.3, 0.4) is 0 Å². The third-order valence-corrected chi connectivity index (χ3v) is 7.15. The first-order valence-corrected chi connectivity index (χ1v) is 13.0. The molecule has 3 N–H and O–H groups in total. The molecular formula is C28H35N7O2. The number of rotatable bonds is 3. The van der Waals surface area contributed by atoms with Gasteiger partial charge in [0.1, 0.15) is 23.8 Å². The van der Waals surface area contributed by atoms with Crippen LogP contribution < -0.4 is 16.0 Å². The molecule has 37 heavy (non-hydrogen) atoms. The van der Waals surface area contributed by atoms with Crippen molar-refractivity contribution >= 4 is 34.3 Å².